The van der Waals surface area contributed by atoms with E-state index in [1.165, 1.54) is 5.56 Å². The van der Waals surface area contributed by atoms with E-state index in [0.29, 0.717) is 0 Å². The molecule has 0 radical (unpaired) electrons. The molecule has 0 atom stereocenters. The maximum Gasteiger partial charge on any atom is 0.0886 e. The molecule has 0 aliphatic heterocycles. The average molecular weight is 377 g/mol. The number of nitrogens with zero attached hydrogens (tertiary/aromatic N) is 2. The van der Waals surface area contributed by atoms with Crippen molar-refractivity contribution in [3.05, 3.63) is 131 Å². The van der Waals surface area contributed by atoms with Gasteiger partial charge in [0, 0.05) is 12.4 Å². The minimum absolute atomic E-state index is 0.860. The maximum atomic E-state index is 4.41. The molecule has 4 rings (SSSR count). The van der Waals surface area contributed by atoms with Gasteiger partial charge in [-0.3, -0.25) is 9.97 Å². The summed E-state index contributed by atoms with van der Waals surface area (Å²) in [5.41, 5.74) is 5.33. The molecule has 2 nitrogen and oxygen atoms in total. The second-order valence-electron chi connectivity index (χ2n) is 6.47. The lowest BCUT2D eigenvalue weighted by molar-refractivity contribution is 1.16. The lowest BCUT2D eigenvalue weighted by atomic mass is 10.1. The van der Waals surface area contributed by atoms with Gasteiger partial charge in [0.15, 0.2) is 0 Å². The van der Waals surface area contributed by atoms with Gasteiger partial charge in [-0.05, 0) is 30.2 Å². The number of benzene rings is 3. The first-order valence-corrected chi connectivity index (χ1v) is 9.60. The predicted octanol–water partition coefficient (Wildman–Crippen LogP) is 6.81. The van der Waals surface area contributed by atoms with Crippen molar-refractivity contribution >= 4 is 24.3 Å². The molecule has 4 aromatic rings. The van der Waals surface area contributed by atoms with Crippen LogP contribution >= 0.6 is 0 Å². The minimum atomic E-state index is 0.860. The molecule has 0 saturated carbocycles. The third-order valence-electron chi connectivity index (χ3n) is 4.16. The first-order chi connectivity index (χ1) is 14.3. The third kappa shape index (κ3) is 7.04. The van der Waals surface area contributed by atoms with Gasteiger partial charge in [-0.15, -0.1) is 0 Å². The largest absolute Gasteiger partial charge is 0.253 e. The van der Waals surface area contributed by atoms with E-state index in [1.54, 1.807) is 12.4 Å². The number of aromatic nitrogens is 2. The molecular formula is C27H24N2. The SMILES string of the molecule is C(=C\c1nccnc1/C=C/c1ccccc1)/c1ccccc1.Cc1ccccc1. The van der Waals surface area contributed by atoms with Crippen LogP contribution in [0.3, 0.4) is 0 Å². The van der Waals surface area contributed by atoms with Gasteiger partial charge < -0.3 is 0 Å². The average Bonchev–Trinajstić information content (AvgIpc) is 2.79. The molecule has 0 spiro atoms. The smallest absolute Gasteiger partial charge is 0.0886 e. The highest BCUT2D eigenvalue weighted by Crippen LogP contribution is 2.12. The summed E-state index contributed by atoms with van der Waals surface area (Å²) in [7, 11) is 0. The van der Waals surface area contributed by atoms with E-state index < -0.39 is 0 Å². The van der Waals surface area contributed by atoms with E-state index in [1.807, 2.05) is 78.9 Å². The number of aryl methyl sites for hydroxylation is 1. The Balaban J connectivity index is 0.000000290. The second kappa shape index (κ2) is 11.2. The number of hydrogen-bond acceptors (Lipinski definition) is 2. The summed E-state index contributed by atoms with van der Waals surface area (Å²) in [5.74, 6) is 0. The van der Waals surface area contributed by atoms with Crippen LogP contribution in [0.25, 0.3) is 24.3 Å². The summed E-state index contributed by atoms with van der Waals surface area (Å²) in [6, 6.07) is 30.6. The summed E-state index contributed by atoms with van der Waals surface area (Å²) in [6.07, 6.45) is 11.5. The Morgan fingerprint density at radius 1 is 0.483 bits per heavy atom. The maximum absolute atomic E-state index is 4.41. The van der Waals surface area contributed by atoms with Gasteiger partial charge in [0.1, 0.15) is 0 Å². The quantitative estimate of drug-likeness (QED) is 0.391. The van der Waals surface area contributed by atoms with E-state index in [9.17, 15) is 0 Å². The number of rotatable bonds is 4. The highest BCUT2D eigenvalue weighted by atomic mass is 14.8. The van der Waals surface area contributed by atoms with Crippen molar-refractivity contribution in [2.24, 2.45) is 0 Å². The first-order valence-electron chi connectivity index (χ1n) is 9.60. The minimum Gasteiger partial charge on any atom is -0.253 e. The summed E-state index contributed by atoms with van der Waals surface area (Å²) < 4.78 is 0. The van der Waals surface area contributed by atoms with E-state index in [4.69, 9.17) is 0 Å². The summed E-state index contributed by atoms with van der Waals surface area (Å²) in [5, 5.41) is 0. The molecule has 0 bridgehead atoms. The van der Waals surface area contributed by atoms with Crippen LogP contribution in [0.4, 0.5) is 0 Å². The Labute approximate surface area is 172 Å². The molecule has 0 saturated heterocycles. The van der Waals surface area contributed by atoms with Crippen molar-refractivity contribution in [1.82, 2.24) is 9.97 Å². The van der Waals surface area contributed by atoms with E-state index >= 15 is 0 Å². The fourth-order valence-electron chi connectivity index (χ4n) is 2.63. The van der Waals surface area contributed by atoms with E-state index in [0.717, 1.165) is 22.5 Å². The topological polar surface area (TPSA) is 25.8 Å². The molecule has 0 aliphatic rings. The van der Waals surface area contributed by atoms with Crippen molar-refractivity contribution in [2.75, 3.05) is 0 Å². The Morgan fingerprint density at radius 2 is 0.862 bits per heavy atom. The Hall–Kier alpha value is -3.78. The van der Waals surface area contributed by atoms with Crippen LogP contribution in [-0.2, 0) is 0 Å². The van der Waals surface area contributed by atoms with Gasteiger partial charge in [0.2, 0.25) is 0 Å². The molecule has 0 fully saturated rings. The van der Waals surface area contributed by atoms with Gasteiger partial charge in [0.05, 0.1) is 11.4 Å². The van der Waals surface area contributed by atoms with Crippen molar-refractivity contribution < 1.29 is 0 Å². The Morgan fingerprint density at radius 3 is 1.21 bits per heavy atom. The summed E-state index contributed by atoms with van der Waals surface area (Å²) in [6.45, 7) is 2.08. The second-order valence-corrected chi connectivity index (χ2v) is 6.47. The van der Waals surface area contributed by atoms with Crippen molar-refractivity contribution in [3.8, 4) is 0 Å². The number of hydrogen-bond donors (Lipinski definition) is 0. The monoisotopic (exact) mass is 376 g/mol. The Bertz CT molecular complexity index is 969. The lowest BCUT2D eigenvalue weighted by Crippen LogP contribution is -1.89. The molecule has 0 aliphatic carbocycles. The first kappa shape index (κ1) is 20.0. The zero-order valence-electron chi connectivity index (χ0n) is 16.5. The molecule has 0 N–H and O–H groups in total. The third-order valence-corrected chi connectivity index (χ3v) is 4.16. The molecule has 29 heavy (non-hydrogen) atoms. The van der Waals surface area contributed by atoms with Crippen molar-refractivity contribution in [1.29, 1.82) is 0 Å². The highest BCUT2D eigenvalue weighted by molar-refractivity contribution is 5.76. The van der Waals surface area contributed by atoms with Crippen LogP contribution in [0.5, 0.6) is 0 Å². The van der Waals surface area contributed by atoms with Gasteiger partial charge in [-0.25, -0.2) is 0 Å². The van der Waals surface area contributed by atoms with Gasteiger partial charge in [-0.1, -0.05) is 109 Å². The molecule has 3 aromatic carbocycles. The molecule has 1 heterocycles. The van der Waals surface area contributed by atoms with Crippen LogP contribution in [0, 0.1) is 6.92 Å². The van der Waals surface area contributed by atoms with Gasteiger partial charge in [0.25, 0.3) is 0 Å². The van der Waals surface area contributed by atoms with Crippen LogP contribution in [0.2, 0.25) is 0 Å². The van der Waals surface area contributed by atoms with Crippen LogP contribution in [-0.4, -0.2) is 9.97 Å². The van der Waals surface area contributed by atoms with E-state index in [-0.39, 0.29) is 0 Å². The van der Waals surface area contributed by atoms with Crippen LogP contribution in [0.1, 0.15) is 28.1 Å². The van der Waals surface area contributed by atoms with Crippen LogP contribution in [0.15, 0.2) is 103 Å². The molecular weight excluding hydrogens is 352 g/mol. The summed E-state index contributed by atoms with van der Waals surface area (Å²) in [4.78, 5) is 8.81. The molecule has 1 aromatic heterocycles. The van der Waals surface area contributed by atoms with E-state index in [2.05, 4.69) is 53.3 Å². The molecule has 2 heteroatoms. The predicted molar refractivity (Wildman–Crippen MR) is 124 cm³/mol. The van der Waals surface area contributed by atoms with Crippen LogP contribution < -0.4 is 0 Å². The highest BCUT2D eigenvalue weighted by Gasteiger charge is 1.98. The normalized spacial score (nSPS) is 10.7. The van der Waals surface area contributed by atoms with Gasteiger partial charge >= 0.3 is 0 Å². The molecule has 142 valence electrons. The molecule has 0 unspecified atom stereocenters. The fourth-order valence-corrected chi connectivity index (χ4v) is 2.63. The Kier molecular flexibility index (Phi) is 7.68. The van der Waals surface area contributed by atoms with Crippen molar-refractivity contribution in [3.63, 3.8) is 0 Å². The molecule has 0 amide bonds. The lowest BCUT2D eigenvalue weighted by Gasteiger charge is -1.99. The van der Waals surface area contributed by atoms with Gasteiger partial charge in [-0.2, -0.15) is 0 Å². The van der Waals surface area contributed by atoms with Crippen molar-refractivity contribution in [2.45, 2.75) is 6.92 Å². The standard InChI is InChI=1S/C20H16N2.C7H8/c1-3-7-17(8-4-1)11-13-19-20(22-16-15-21-19)14-12-18-9-5-2-6-10-18;1-7-5-3-2-4-6-7/h1-16H;2-6H,1H3/b13-11+,14-12+;. The zero-order chi connectivity index (χ0) is 20.2. The zero-order valence-corrected chi connectivity index (χ0v) is 16.5. The summed E-state index contributed by atoms with van der Waals surface area (Å²) >= 11 is 0. The fraction of sp³-hybridized carbons (Fsp3) is 0.0370.